The summed E-state index contributed by atoms with van der Waals surface area (Å²) in [5.41, 5.74) is 0.821. The second-order valence-corrected chi connectivity index (χ2v) is 5.40. The molecule has 2 aromatic heterocycles. The van der Waals surface area contributed by atoms with Crippen molar-refractivity contribution in [2.45, 2.75) is 6.92 Å². The minimum absolute atomic E-state index is 0.186. The first-order valence-electron chi connectivity index (χ1n) is 6.04. The molecule has 0 atom stereocenters. The van der Waals surface area contributed by atoms with Crippen LogP contribution in [0.25, 0.3) is 10.2 Å². The summed E-state index contributed by atoms with van der Waals surface area (Å²) in [6, 6.07) is 7.91. The number of carboxylic acids is 1. The second kappa shape index (κ2) is 5.02. The number of amides is 1. The molecule has 6 nitrogen and oxygen atoms in total. The minimum atomic E-state index is -0.998. The molecule has 0 aliphatic carbocycles. The molecule has 21 heavy (non-hydrogen) atoms. The Morgan fingerprint density at radius 1 is 1.29 bits per heavy atom. The number of rotatable bonds is 3. The highest BCUT2D eigenvalue weighted by Gasteiger charge is 2.14. The molecule has 0 unspecified atom stereocenters. The molecule has 0 saturated heterocycles. The van der Waals surface area contributed by atoms with Gasteiger partial charge in [-0.05, 0) is 37.3 Å². The topological polar surface area (TPSA) is 92.4 Å². The van der Waals surface area contributed by atoms with Crippen molar-refractivity contribution in [2.24, 2.45) is 0 Å². The number of carboxylic acid groups (broad SMARTS) is 1. The van der Waals surface area contributed by atoms with Gasteiger partial charge in [-0.1, -0.05) is 11.3 Å². The number of hydrogen-bond acceptors (Lipinski definition) is 5. The van der Waals surface area contributed by atoms with E-state index in [0.29, 0.717) is 21.1 Å². The van der Waals surface area contributed by atoms with Gasteiger partial charge in [0.15, 0.2) is 10.9 Å². The zero-order valence-corrected chi connectivity index (χ0v) is 11.7. The maximum absolute atomic E-state index is 11.9. The van der Waals surface area contributed by atoms with Crippen LogP contribution >= 0.6 is 11.3 Å². The van der Waals surface area contributed by atoms with Gasteiger partial charge in [0.2, 0.25) is 0 Å². The van der Waals surface area contributed by atoms with Gasteiger partial charge in [0.25, 0.3) is 5.91 Å². The fraction of sp³-hybridized carbons (Fsp3) is 0.0714. The predicted octanol–water partition coefficient (Wildman–Crippen LogP) is 3.15. The summed E-state index contributed by atoms with van der Waals surface area (Å²) in [7, 11) is 0. The fourth-order valence-electron chi connectivity index (χ4n) is 1.83. The standard InChI is InChI=1S/C14H10N2O4S/c1-7-2-5-10(20-7)12(17)16-14-15-9-4-3-8(13(18)19)6-11(9)21-14/h2-6H,1H3,(H,18,19)(H,15,16,17). The number of carbonyl (C=O) groups is 2. The first-order valence-corrected chi connectivity index (χ1v) is 6.86. The summed E-state index contributed by atoms with van der Waals surface area (Å²) < 4.78 is 5.92. The minimum Gasteiger partial charge on any atom is -0.478 e. The van der Waals surface area contributed by atoms with Crippen LogP contribution in [0.5, 0.6) is 0 Å². The highest BCUT2D eigenvalue weighted by Crippen LogP contribution is 2.27. The van der Waals surface area contributed by atoms with Gasteiger partial charge in [0, 0.05) is 0 Å². The van der Waals surface area contributed by atoms with Crippen LogP contribution in [0.15, 0.2) is 34.7 Å². The van der Waals surface area contributed by atoms with Crippen molar-refractivity contribution in [3.05, 3.63) is 47.4 Å². The SMILES string of the molecule is Cc1ccc(C(=O)Nc2nc3ccc(C(=O)O)cc3s2)o1. The van der Waals surface area contributed by atoms with Gasteiger partial charge in [-0.15, -0.1) is 0 Å². The van der Waals surface area contributed by atoms with Crippen LogP contribution in [-0.2, 0) is 0 Å². The molecule has 3 rings (SSSR count). The van der Waals surface area contributed by atoms with Crippen molar-refractivity contribution < 1.29 is 19.1 Å². The van der Waals surface area contributed by atoms with Crippen molar-refractivity contribution >= 4 is 38.6 Å². The van der Waals surface area contributed by atoms with E-state index in [2.05, 4.69) is 10.3 Å². The van der Waals surface area contributed by atoms with Crippen molar-refractivity contribution in [3.63, 3.8) is 0 Å². The molecule has 3 aromatic rings. The fourth-order valence-corrected chi connectivity index (χ4v) is 2.73. The third kappa shape index (κ3) is 2.63. The smallest absolute Gasteiger partial charge is 0.335 e. The lowest BCUT2D eigenvalue weighted by Gasteiger charge is -1.96. The molecule has 0 aliphatic heterocycles. The number of aryl methyl sites for hydroxylation is 1. The van der Waals surface area contributed by atoms with Gasteiger partial charge in [0.1, 0.15) is 5.76 Å². The normalized spacial score (nSPS) is 10.7. The highest BCUT2D eigenvalue weighted by atomic mass is 32.1. The molecule has 7 heteroatoms. The molecule has 0 saturated carbocycles. The van der Waals surface area contributed by atoms with Gasteiger partial charge in [0.05, 0.1) is 15.8 Å². The van der Waals surface area contributed by atoms with E-state index in [1.165, 1.54) is 23.5 Å². The van der Waals surface area contributed by atoms with E-state index in [0.717, 1.165) is 0 Å². The first kappa shape index (κ1) is 13.3. The van der Waals surface area contributed by atoms with Gasteiger partial charge in [-0.3, -0.25) is 10.1 Å². The summed E-state index contributed by atoms with van der Waals surface area (Å²) in [5.74, 6) is -0.531. The molecular weight excluding hydrogens is 292 g/mol. The van der Waals surface area contributed by atoms with Crippen molar-refractivity contribution in [3.8, 4) is 0 Å². The van der Waals surface area contributed by atoms with Gasteiger partial charge < -0.3 is 9.52 Å². The van der Waals surface area contributed by atoms with Crippen molar-refractivity contribution in [1.82, 2.24) is 4.98 Å². The Bertz CT molecular complexity index is 850. The summed E-state index contributed by atoms with van der Waals surface area (Å²) in [5, 5.41) is 12.0. The lowest BCUT2D eigenvalue weighted by atomic mass is 10.2. The number of nitrogens with one attached hydrogen (secondary N) is 1. The Kier molecular flexibility index (Phi) is 3.19. The second-order valence-electron chi connectivity index (χ2n) is 4.37. The van der Waals surface area contributed by atoms with Crippen LogP contribution in [0.4, 0.5) is 5.13 Å². The summed E-state index contributed by atoms with van der Waals surface area (Å²) in [6.45, 7) is 1.75. The zero-order valence-electron chi connectivity index (χ0n) is 10.9. The Labute approximate surface area is 123 Å². The van der Waals surface area contributed by atoms with Gasteiger partial charge >= 0.3 is 5.97 Å². The average molecular weight is 302 g/mol. The van der Waals surface area contributed by atoms with E-state index >= 15 is 0 Å². The molecular formula is C14H10N2O4S. The van der Waals surface area contributed by atoms with E-state index in [9.17, 15) is 9.59 Å². The van der Waals surface area contributed by atoms with Crippen LogP contribution < -0.4 is 5.32 Å². The number of anilines is 1. The maximum atomic E-state index is 11.9. The lowest BCUT2D eigenvalue weighted by Crippen LogP contribution is -2.10. The number of fused-ring (bicyclic) bond motifs is 1. The third-order valence-corrected chi connectivity index (χ3v) is 3.75. The zero-order chi connectivity index (χ0) is 15.0. The molecule has 106 valence electrons. The Hall–Kier alpha value is -2.67. The lowest BCUT2D eigenvalue weighted by molar-refractivity contribution is 0.0697. The molecule has 0 bridgehead atoms. The number of aromatic nitrogens is 1. The number of thiazole rings is 1. The van der Waals surface area contributed by atoms with Crippen LogP contribution in [-0.4, -0.2) is 22.0 Å². The molecule has 2 N–H and O–H groups in total. The number of nitrogens with zero attached hydrogens (tertiary/aromatic N) is 1. The van der Waals surface area contributed by atoms with Crippen LogP contribution in [0, 0.1) is 6.92 Å². The largest absolute Gasteiger partial charge is 0.478 e. The number of benzene rings is 1. The molecule has 0 fully saturated rings. The molecule has 1 amide bonds. The molecule has 0 aliphatic rings. The third-order valence-electron chi connectivity index (χ3n) is 2.82. The Morgan fingerprint density at radius 3 is 2.76 bits per heavy atom. The number of aromatic carboxylic acids is 1. The summed E-state index contributed by atoms with van der Waals surface area (Å²) in [4.78, 5) is 27.1. The van der Waals surface area contributed by atoms with Crippen molar-refractivity contribution in [2.75, 3.05) is 5.32 Å². The summed E-state index contributed by atoms with van der Waals surface area (Å²) in [6.07, 6.45) is 0. The monoisotopic (exact) mass is 302 g/mol. The maximum Gasteiger partial charge on any atom is 0.335 e. The van der Waals surface area contributed by atoms with E-state index in [1.54, 1.807) is 25.1 Å². The first-order chi connectivity index (χ1) is 10.0. The molecule has 2 heterocycles. The molecule has 1 aromatic carbocycles. The Morgan fingerprint density at radius 2 is 2.10 bits per heavy atom. The van der Waals surface area contributed by atoms with Crippen molar-refractivity contribution in [1.29, 1.82) is 0 Å². The number of hydrogen-bond donors (Lipinski definition) is 2. The van der Waals surface area contributed by atoms with Crippen LogP contribution in [0.2, 0.25) is 0 Å². The van der Waals surface area contributed by atoms with E-state index in [4.69, 9.17) is 9.52 Å². The highest BCUT2D eigenvalue weighted by molar-refractivity contribution is 7.22. The Balaban J connectivity index is 1.87. The van der Waals surface area contributed by atoms with Crippen LogP contribution in [0.1, 0.15) is 26.7 Å². The average Bonchev–Trinajstić information content (AvgIpc) is 3.03. The van der Waals surface area contributed by atoms with E-state index in [-0.39, 0.29) is 17.2 Å². The van der Waals surface area contributed by atoms with Crippen LogP contribution in [0.3, 0.4) is 0 Å². The predicted molar refractivity (Wildman–Crippen MR) is 78.0 cm³/mol. The number of carbonyl (C=O) groups excluding carboxylic acids is 1. The van der Waals surface area contributed by atoms with E-state index in [1.807, 2.05) is 0 Å². The molecule has 0 radical (unpaired) electrons. The summed E-state index contributed by atoms with van der Waals surface area (Å²) >= 11 is 1.21. The van der Waals surface area contributed by atoms with Gasteiger partial charge in [-0.25, -0.2) is 9.78 Å². The van der Waals surface area contributed by atoms with Gasteiger partial charge in [-0.2, -0.15) is 0 Å². The molecule has 0 spiro atoms. The number of furan rings is 1. The quantitative estimate of drug-likeness (QED) is 0.775. The van der Waals surface area contributed by atoms with E-state index < -0.39 is 5.97 Å².